The Morgan fingerprint density at radius 3 is 2.52 bits per heavy atom. The van der Waals surface area contributed by atoms with Gasteiger partial charge in [0.25, 0.3) is 0 Å². The van der Waals surface area contributed by atoms with Crippen molar-refractivity contribution < 1.29 is 13.9 Å². The smallest absolute Gasteiger partial charge is 0.165 e. The molecule has 1 atom stereocenters. The zero-order valence-electron chi connectivity index (χ0n) is 12.8. The van der Waals surface area contributed by atoms with E-state index < -0.39 is 0 Å². The van der Waals surface area contributed by atoms with E-state index in [2.05, 4.69) is 5.43 Å². The fourth-order valence-corrected chi connectivity index (χ4v) is 3.31. The molecule has 0 aliphatic heterocycles. The van der Waals surface area contributed by atoms with Crippen LogP contribution in [0.15, 0.2) is 18.2 Å². The van der Waals surface area contributed by atoms with Gasteiger partial charge in [-0.05, 0) is 37.0 Å². The lowest BCUT2D eigenvalue weighted by molar-refractivity contribution is -0.0674. The summed E-state index contributed by atoms with van der Waals surface area (Å²) in [5.41, 5.74) is 3.51. The van der Waals surface area contributed by atoms with Crippen molar-refractivity contribution in [2.45, 2.75) is 50.2 Å². The highest BCUT2D eigenvalue weighted by Crippen LogP contribution is 2.35. The molecule has 1 fully saturated rings. The van der Waals surface area contributed by atoms with Gasteiger partial charge in [0.1, 0.15) is 0 Å². The molecule has 2 rings (SSSR count). The first kappa shape index (κ1) is 16.2. The number of rotatable bonds is 6. The van der Waals surface area contributed by atoms with E-state index >= 15 is 0 Å². The number of nitrogens with two attached hydrogens (primary N) is 1. The van der Waals surface area contributed by atoms with Crippen LogP contribution in [-0.2, 0) is 11.2 Å². The lowest BCUT2D eigenvalue weighted by atomic mass is 9.77. The lowest BCUT2D eigenvalue weighted by Crippen LogP contribution is -2.56. The fraction of sp³-hybridized carbons (Fsp3) is 0.625. The van der Waals surface area contributed by atoms with E-state index in [1.165, 1.54) is 19.6 Å². The number of hydrogen-bond acceptors (Lipinski definition) is 4. The van der Waals surface area contributed by atoms with Crippen LogP contribution in [0.4, 0.5) is 4.39 Å². The summed E-state index contributed by atoms with van der Waals surface area (Å²) in [4.78, 5) is 0. The molecule has 0 heterocycles. The molecule has 1 saturated carbocycles. The van der Waals surface area contributed by atoms with E-state index in [9.17, 15) is 4.39 Å². The molecule has 1 aromatic carbocycles. The number of halogens is 1. The summed E-state index contributed by atoms with van der Waals surface area (Å²) >= 11 is 0. The van der Waals surface area contributed by atoms with Gasteiger partial charge in [-0.2, -0.15) is 0 Å². The van der Waals surface area contributed by atoms with Gasteiger partial charge < -0.3 is 9.47 Å². The van der Waals surface area contributed by atoms with Crippen LogP contribution < -0.4 is 16.0 Å². The Kier molecular flexibility index (Phi) is 5.56. The van der Waals surface area contributed by atoms with E-state index in [0.717, 1.165) is 31.2 Å². The van der Waals surface area contributed by atoms with Gasteiger partial charge in [-0.1, -0.05) is 25.3 Å². The van der Waals surface area contributed by atoms with Crippen LogP contribution in [-0.4, -0.2) is 25.9 Å². The third-order valence-electron chi connectivity index (χ3n) is 4.60. The summed E-state index contributed by atoms with van der Waals surface area (Å²) in [6.45, 7) is 0. The Hall–Kier alpha value is -1.17. The summed E-state index contributed by atoms with van der Waals surface area (Å²) in [6, 6.07) is 5.00. The second-order valence-electron chi connectivity index (χ2n) is 5.72. The second kappa shape index (κ2) is 7.20. The molecule has 0 amide bonds. The van der Waals surface area contributed by atoms with Crippen molar-refractivity contribution in [1.82, 2.24) is 5.43 Å². The molecule has 0 aromatic heterocycles. The number of nitrogens with one attached hydrogen (secondary N) is 1. The zero-order chi connectivity index (χ0) is 15.3. The molecule has 118 valence electrons. The summed E-state index contributed by atoms with van der Waals surface area (Å²) in [7, 11) is 3.20. The van der Waals surface area contributed by atoms with Crippen LogP contribution >= 0.6 is 0 Å². The highest BCUT2D eigenvalue weighted by atomic mass is 19.1. The van der Waals surface area contributed by atoms with Crippen molar-refractivity contribution in [3.8, 4) is 5.75 Å². The third kappa shape index (κ3) is 3.54. The number of methoxy groups -OCH3 is 2. The highest BCUT2D eigenvalue weighted by Gasteiger charge is 2.39. The van der Waals surface area contributed by atoms with Gasteiger partial charge in [0.2, 0.25) is 0 Å². The van der Waals surface area contributed by atoms with Crippen molar-refractivity contribution in [2.24, 2.45) is 5.84 Å². The summed E-state index contributed by atoms with van der Waals surface area (Å²) < 4.78 is 24.6. The molecule has 1 unspecified atom stereocenters. The van der Waals surface area contributed by atoms with E-state index in [4.69, 9.17) is 15.3 Å². The first-order valence-electron chi connectivity index (χ1n) is 7.49. The second-order valence-corrected chi connectivity index (χ2v) is 5.72. The minimum absolute atomic E-state index is 0.0319. The summed E-state index contributed by atoms with van der Waals surface area (Å²) in [6.07, 6.45) is 6.12. The predicted molar refractivity (Wildman–Crippen MR) is 80.6 cm³/mol. The van der Waals surface area contributed by atoms with Crippen LogP contribution in [0, 0.1) is 5.82 Å². The highest BCUT2D eigenvalue weighted by molar-refractivity contribution is 5.30. The molecule has 1 aliphatic carbocycles. The van der Waals surface area contributed by atoms with Crippen molar-refractivity contribution in [3.63, 3.8) is 0 Å². The van der Waals surface area contributed by atoms with Crippen LogP contribution in [0.3, 0.4) is 0 Å². The molecule has 5 heteroatoms. The Balaban J connectivity index is 2.16. The Labute approximate surface area is 125 Å². The number of hydrogen-bond donors (Lipinski definition) is 2. The van der Waals surface area contributed by atoms with Crippen LogP contribution in [0.25, 0.3) is 0 Å². The predicted octanol–water partition coefficient (Wildman–Crippen LogP) is 2.56. The van der Waals surface area contributed by atoms with E-state index in [1.807, 2.05) is 6.07 Å². The molecule has 0 bridgehead atoms. The molecule has 0 saturated heterocycles. The molecule has 1 aromatic rings. The average Bonchev–Trinajstić information content (AvgIpc) is 2.53. The SMILES string of the molecule is COc1ccc(CC(NN)C2(OC)CCCCC2)cc1F. The minimum Gasteiger partial charge on any atom is -0.494 e. The topological polar surface area (TPSA) is 56.5 Å². The first-order chi connectivity index (χ1) is 10.1. The summed E-state index contributed by atoms with van der Waals surface area (Å²) in [5, 5.41) is 0. The van der Waals surface area contributed by atoms with Crippen LogP contribution in [0.5, 0.6) is 5.75 Å². The fourth-order valence-electron chi connectivity index (χ4n) is 3.31. The van der Waals surface area contributed by atoms with Crippen LogP contribution in [0.2, 0.25) is 0 Å². The van der Waals surface area contributed by atoms with Gasteiger partial charge in [-0.3, -0.25) is 11.3 Å². The number of benzene rings is 1. The average molecular weight is 296 g/mol. The molecule has 3 N–H and O–H groups in total. The monoisotopic (exact) mass is 296 g/mol. The number of hydrazine groups is 1. The maximum Gasteiger partial charge on any atom is 0.165 e. The first-order valence-corrected chi connectivity index (χ1v) is 7.49. The Morgan fingerprint density at radius 2 is 2.00 bits per heavy atom. The van der Waals surface area contributed by atoms with E-state index in [0.29, 0.717) is 6.42 Å². The molecular weight excluding hydrogens is 271 g/mol. The van der Waals surface area contributed by atoms with Crippen molar-refractivity contribution >= 4 is 0 Å². The van der Waals surface area contributed by atoms with Gasteiger partial charge in [-0.15, -0.1) is 0 Å². The molecule has 21 heavy (non-hydrogen) atoms. The van der Waals surface area contributed by atoms with E-state index in [1.54, 1.807) is 13.2 Å². The van der Waals surface area contributed by atoms with Crippen molar-refractivity contribution in [2.75, 3.05) is 14.2 Å². The van der Waals surface area contributed by atoms with Gasteiger partial charge in [0.15, 0.2) is 11.6 Å². The van der Waals surface area contributed by atoms with Gasteiger partial charge in [0, 0.05) is 7.11 Å². The molecular formula is C16H25FN2O2. The third-order valence-corrected chi connectivity index (χ3v) is 4.60. The van der Waals surface area contributed by atoms with E-state index in [-0.39, 0.29) is 23.2 Å². The van der Waals surface area contributed by atoms with Crippen molar-refractivity contribution in [3.05, 3.63) is 29.6 Å². The Bertz CT molecular complexity index is 462. The van der Waals surface area contributed by atoms with Gasteiger partial charge >= 0.3 is 0 Å². The largest absolute Gasteiger partial charge is 0.494 e. The minimum atomic E-state index is -0.346. The normalized spacial score (nSPS) is 19.2. The maximum absolute atomic E-state index is 13.8. The molecule has 1 aliphatic rings. The molecule has 0 radical (unpaired) electrons. The standard InChI is InChI=1S/C16H25FN2O2/c1-20-14-7-6-12(10-13(14)17)11-15(19-18)16(21-2)8-4-3-5-9-16/h6-7,10,15,19H,3-5,8-9,11,18H2,1-2H3. The van der Waals surface area contributed by atoms with Crippen molar-refractivity contribution in [1.29, 1.82) is 0 Å². The maximum atomic E-state index is 13.8. The molecule has 0 spiro atoms. The molecule has 4 nitrogen and oxygen atoms in total. The lowest BCUT2D eigenvalue weighted by Gasteiger charge is -2.42. The number of ether oxygens (including phenoxy) is 2. The quantitative estimate of drug-likeness (QED) is 0.626. The van der Waals surface area contributed by atoms with Crippen LogP contribution in [0.1, 0.15) is 37.7 Å². The zero-order valence-corrected chi connectivity index (χ0v) is 12.8. The van der Waals surface area contributed by atoms with Gasteiger partial charge in [-0.25, -0.2) is 4.39 Å². The van der Waals surface area contributed by atoms with Gasteiger partial charge in [0.05, 0.1) is 18.8 Å². The Morgan fingerprint density at radius 1 is 1.29 bits per heavy atom. The summed E-state index contributed by atoms with van der Waals surface area (Å²) in [5.74, 6) is 5.67.